The second kappa shape index (κ2) is 13.0. The standard InChI is InChI=1S/C30H29N5O4/c31-24-19-32-28(23-15-8-3-9-16-23)35(30(24)39)18-10-17-26(37)34-27(22-13-6-2-7-14-22)29(38)33-20-25(36)21-11-4-1-5-12-21/h1-9,11-16,19,27H,10,17-18,20,31H2,(H,33,38)(H,34,37). The predicted molar refractivity (Wildman–Crippen MR) is 149 cm³/mol. The van der Waals surface area contributed by atoms with Crippen molar-refractivity contribution in [3.63, 3.8) is 0 Å². The SMILES string of the molecule is Nc1cnc(-c2ccccc2)n(CCCC(=O)NC(C(=O)NCC(=O)c2ccccc2)c2ccccc2)c1=O. The van der Waals surface area contributed by atoms with E-state index in [4.69, 9.17) is 5.73 Å². The third-order valence-electron chi connectivity index (χ3n) is 6.11. The van der Waals surface area contributed by atoms with Crippen molar-refractivity contribution in [3.05, 3.63) is 119 Å². The van der Waals surface area contributed by atoms with E-state index < -0.39 is 11.9 Å². The summed E-state index contributed by atoms with van der Waals surface area (Å²) in [5, 5.41) is 5.40. The van der Waals surface area contributed by atoms with Crippen LogP contribution < -0.4 is 21.9 Å². The molecule has 9 nitrogen and oxygen atoms in total. The van der Waals surface area contributed by atoms with Gasteiger partial charge >= 0.3 is 0 Å². The van der Waals surface area contributed by atoms with Gasteiger partial charge in [0.1, 0.15) is 17.6 Å². The van der Waals surface area contributed by atoms with Crippen molar-refractivity contribution in [1.29, 1.82) is 0 Å². The van der Waals surface area contributed by atoms with E-state index in [2.05, 4.69) is 15.6 Å². The number of ketones is 1. The molecule has 0 bridgehead atoms. The van der Waals surface area contributed by atoms with Crippen molar-refractivity contribution in [2.45, 2.75) is 25.4 Å². The average Bonchev–Trinajstić information content (AvgIpc) is 2.98. The van der Waals surface area contributed by atoms with Crippen LogP contribution in [0.1, 0.15) is 34.8 Å². The van der Waals surface area contributed by atoms with Gasteiger partial charge in [-0.25, -0.2) is 4.98 Å². The van der Waals surface area contributed by atoms with Crippen LogP contribution in [0.3, 0.4) is 0 Å². The van der Waals surface area contributed by atoms with Crippen LogP contribution in [0.4, 0.5) is 5.69 Å². The number of nitrogen functional groups attached to an aromatic ring is 1. The number of nitrogens with one attached hydrogen (secondary N) is 2. The Morgan fingerprint density at radius 2 is 1.49 bits per heavy atom. The summed E-state index contributed by atoms with van der Waals surface area (Å²) in [4.78, 5) is 55.5. The Balaban J connectivity index is 1.41. The number of amides is 2. The molecular formula is C30H29N5O4. The molecule has 39 heavy (non-hydrogen) atoms. The van der Waals surface area contributed by atoms with E-state index in [1.807, 2.05) is 30.3 Å². The van der Waals surface area contributed by atoms with Crippen LogP contribution in [0.15, 0.2) is 102 Å². The first kappa shape index (κ1) is 27.0. The molecule has 0 radical (unpaired) electrons. The maximum atomic E-state index is 13.0. The van der Waals surface area contributed by atoms with Crippen LogP contribution in [0.5, 0.6) is 0 Å². The maximum Gasteiger partial charge on any atom is 0.276 e. The first-order valence-electron chi connectivity index (χ1n) is 12.5. The lowest BCUT2D eigenvalue weighted by atomic mass is 10.1. The normalized spacial score (nSPS) is 11.4. The van der Waals surface area contributed by atoms with E-state index in [0.717, 1.165) is 5.56 Å². The van der Waals surface area contributed by atoms with Gasteiger partial charge in [0.15, 0.2) is 5.78 Å². The minimum atomic E-state index is -0.987. The summed E-state index contributed by atoms with van der Waals surface area (Å²) in [5.41, 5.74) is 7.27. The molecule has 0 aliphatic rings. The highest BCUT2D eigenvalue weighted by atomic mass is 16.2. The van der Waals surface area contributed by atoms with Crippen molar-refractivity contribution in [3.8, 4) is 11.4 Å². The fourth-order valence-corrected chi connectivity index (χ4v) is 4.10. The van der Waals surface area contributed by atoms with Crippen LogP contribution in [0, 0.1) is 0 Å². The Bertz CT molecular complexity index is 1490. The summed E-state index contributed by atoms with van der Waals surface area (Å²) in [6.07, 6.45) is 1.70. The molecule has 198 valence electrons. The molecule has 4 aromatic rings. The van der Waals surface area contributed by atoms with E-state index in [0.29, 0.717) is 23.4 Å². The van der Waals surface area contributed by atoms with Gasteiger partial charge in [-0.3, -0.25) is 23.7 Å². The quantitative estimate of drug-likeness (QED) is 0.259. The van der Waals surface area contributed by atoms with Crippen LogP contribution in [-0.2, 0) is 16.1 Å². The van der Waals surface area contributed by atoms with Gasteiger partial charge in [-0.2, -0.15) is 0 Å². The number of carbonyl (C=O) groups excluding carboxylic acids is 3. The predicted octanol–water partition coefficient (Wildman–Crippen LogP) is 3.13. The van der Waals surface area contributed by atoms with Gasteiger partial charge < -0.3 is 16.4 Å². The van der Waals surface area contributed by atoms with Crippen molar-refractivity contribution < 1.29 is 14.4 Å². The second-order valence-electron chi connectivity index (χ2n) is 8.88. The minimum Gasteiger partial charge on any atom is -0.393 e. The largest absolute Gasteiger partial charge is 0.393 e. The van der Waals surface area contributed by atoms with E-state index in [1.54, 1.807) is 60.7 Å². The maximum absolute atomic E-state index is 13.0. The molecule has 0 aliphatic heterocycles. The summed E-state index contributed by atoms with van der Waals surface area (Å²) in [5.74, 6) is -0.654. The molecule has 0 aliphatic carbocycles. The molecule has 4 rings (SSSR count). The third kappa shape index (κ3) is 7.04. The first-order chi connectivity index (χ1) is 18.9. The summed E-state index contributed by atoms with van der Waals surface area (Å²) < 4.78 is 1.45. The third-order valence-corrected chi connectivity index (χ3v) is 6.11. The monoisotopic (exact) mass is 523 g/mol. The molecule has 1 heterocycles. The van der Waals surface area contributed by atoms with E-state index in [1.165, 1.54) is 10.8 Å². The van der Waals surface area contributed by atoms with E-state index in [-0.39, 0.29) is 42.4 Å². The van der Waals surface area contributed by atoms with E-state index in [9.17, 15) is 19.2 Å². The summed E-state index contributed by atoms with van der Waals surface area (Å²) in [6, 6.07) is 25.7. The number of nitrogens with two attached hydrogens (primary N) is 1. The number of benzene rings is 3. The summed E-state index contributed by atoms with van der Waals surface area (Å²) in [6.45, 7) is 0.0119. The highest BCUT2D eigenvalue weighted by Crippen LogP contribution is 2.17. The molecule has 2 amide bonds. The highest BCUT2D eigenvalue weighted by molar-refractivity contribution is 6.00. The Labute approximate surface area is 225 Å². The van der Waals surface area contributed by atoms with Gasteiger partial charge in [-0.05, 0) is 12.0 Å². The molecule has 0 fully saturated rings. The number of rotatable bonds is 11. The highest BCUT2D eigenvalue weighted by Gasteiger charge is 2.23. The number of aromatic nitrogens is 2. The lowest BCUT2D eigenvalue weighted by Gasteiger charge is -2.19. The molecule has 1 unspecified atom stereocenters. The molecule has 0 saturated heterocycles. The zero-order chi connectivity index (χ0) is 27.6. The Hall–Kier alpha value is -5.05. The molecule has 1 aromatic heterocycles. The number of hydrogen-bond donors (Lipinski definition) is 3. The zero-order valence-electron chi connectivity index (χ0n) is 21.2. The van der Waals surface area contributed by atoms with Crippen LogP contribution in [0.25, 0.3) is 11.4 Å². The number of anilines is 1. The lowest BCUT2D eigenvalue weighted by molar-refractivity contribution is -0.129. The smallest absolute Gasteiger partial charge is 0.276 e. The minimum absolute atomic E-state index is 0.0185. The Morgan fingerprint density at radius 1 is 0.872 bits per heavy atom. The summed E-state index contributed by atoms with van der Waals surface area (Å²) >= 11 is 0. The van der Waals surface area contributed by atoms with Gasteiger partial charge in [-0.1, -0.05) is 91.0 Å². The van der Waals surface area contributed by atoms with Crippen LogP contribution >= 0.6 is 0 Å². The van der Waals surface area contributed by atoms with Crippen LogP contribution in [-0.4, -0.2) is 33.7 Å². The van der Waals surface area contributed by atoms with Crippen molar-refractivity contribution in [2.75, 3.05) is 12.3 Å². The molecular weight excluding hydrogens is 494 g/mol. The fraction of sp³-hybridized carbons (Fsp3) is 0.167. The van der Waals surface area contributed by atoms with Gasteiger partial charge in [0, 0.05) is 24.1 Å². The molecule has 1 atom stereocenters. The molecule has 9 heteroatoms. The zero-order valence-corrected chi connectivity index (χ0v) is 21.2. The average molecular weight is 524 g/mol. The topological polar surface area (TPSA) is 136 Å². The van der Waals surface area contributed by atoms with Gasteiger partial charge in [0.2, 0.25) is 11.8 Å². The van der Waals surface area contributed by atoms with Gasteiger partial charge in [0.05, 0.1) is 12.7 Å². The second-order valence-corrected chi connectivity index (χ2v) is 8.88. The molecule has 3 aromatic carbocycles. The van der Waals surface area contributed by atoms with Crippen molar-refractivity contribution >= 4 is 23.3 Å². The number of nitrogens with zero attached hydrogens (tertiary/aromatic N) is 2. The van der Waals surface area contributed by atoms with Crippen molar-refractivity contribution in [2.24, 2.45) is 0 Å². The van der Waals surface area contributed by atoms with Crippen LogP contribution in [0.2, 0.25) is 0 Å². The molecule has 0 saturated carbocycles. The molecule has 0 spiro atoms. The lowest BCUT2D eigenvalue weighted by Crippen LogP contribution is -2.42. The van der Waals surface area contributed by atoms with Crippen molar-refractivity contribution in [1.82, 2.24) is 20.2 Å². The van der Waals surface area contributed by atoms with Gasteiger partial charge in [0.25, 0.3) is 5.56 Å². The fourth-order valence-electron chi connectivity index (χ4n) is 4.10. The molecule has 4 N–H and O–H groups in total. The van der Waals surface area contributed by atoms with Gasteiger partial charge in [-0.15, -0.1) is 0 Å². The Morgan fingerprint density at radius 3 is 2.15 bits per heavy atom. The summed E-state index contributed by atoms with van der Waals surface area (Å²) in [7, 11) is 0. The first-order valence-corrected chi connectivity index (χ1v) is 12.5. The van der Waals surface area contributed by atoms with E-state index >= 15 is 0 Å². The Kier molecular flexibility index (Phi) is 8.97. The number of hydrogen-bond acceptors (Lipinski definition) is 6. The number of Topliss-reactive ketones (excluding diaryl/α,β-unsaturated/α-hetero) is 1. The number of carbonyl (C=O) groups is 3.